The second-order valence-corrected chi connectivity index (χ2v) is 9.44. The normalized spacial score (nSPS) is 14.7. The molecule has 0 N–H and O–H groups in total. The minimum absolute atomic E-state index is 0.116. The van der Waals surface area contributed by atoms with Gasteiger partial charge >= 0.3 is 11.9 Å². The van der Waals surface area contributed by atoms with E-state index in [4.69, 9.17) is 9.47 Å². The van der Waals surface area contributed by atoms with E-state index >= 15 is 0 Å². The zero-order valence-electron chi connectivity index (χ0n) is 15.2. The maximum Gasteiger partial charge on any atom is 0.305 e. The third kappa shape index (κ3) is 15.4. The molecule has 0 spiro atoms. The second kappa shape index (κ2) is 15.2. The summed E-state index contributed by atoms with van der Waals surface area (Å²) < 4.78 is 10.6. The summed E-state index contributed by atoms with van der Waals surface area (Å²) in [6.45, 7) is 7.13. The number of esters is 2. The van der Waals surface area contributed by atoms with E-state index in [0.717, 1.165) is 38.5 Å². The van der Waals surface area contributed by atoms with Crippen LogP contribution in [-0.2, 0) is 19.1 Å². The summed E-state index contributed by atoms with van der Waals surface area (Å²) in [4.78, 5) is 23.8. The van der Waals surface area contributed by atoms with Gasteiger partial charge in [-0.3, -0.25) is 9.59 Å². The van der Waals surface area contributed by atoms with Gasteiger partial charge in [-0.15, -0.1) is 0 Å². The number of rotatable bonds is 14. The summed E-state index contributed by atoms with van der Waals surface area (Å²) in [6.07, 6.45) is 6.36. The summed E-state index contributed by atoms with van der Waals surface area (Å²) in [5.41, 5.74) is 0. The molecule has 0 amide bonds. The summed E-state index contributed by atoms with van der Waals surface area (Å²) in [5, 5.41) is 0. The molecule has 0 aliphatic heterocycles. The zero-order chi connectivity index (χ0) is 18.4. The lowest BCUT2D eigenvalue weighted by atomic mass is 10.0. The van der Waals surface area contributed by atoms with Gasteiger partial charge in [-0.2, -0.15) is 0 Å². The van der Waals surface area contributed by atoms with Crippen LogP contribution in [0, 0.1) is 5.92 Å². The van der Waals surface area contributed by atoms with E-state index < -0.39 is 0 Å². The van der Waals surface area contributed by atoms with Crippen LogP contribution in [-0.4, -0.2) is 34.8 Å². The van der Waals surface area contributed by atoms with Gasteiger partial charge in [0.15, 0.2) is 0 Å². The Hall–Kier alpha value is -0.100. The molecule has 0 aliphatic rings. The van der Waals surface area contributed by atoms with E-state index in [0.29, 0.717) is 41.6 Å². The Labute approximate surface area is 163 Å². The van der Waals surface area contributed by atoms with Gasteiger partial charge < -0.3 is 9.47 Å². The third-order valence-electron chi connectivity index (χ3n) is 3.82. The number of halogens is 2. The van der Waals surface area contributed by atoms with Crippen molar-refractivity contribution in [2.75, 3.05) is 13.2 Å². The fraction of sp³-hybridized carbons (Fsp3) is 0.889. The van der Waals surface area contributed by atoms with E-state index in [2.05, 4.69) is 38.8 Å². The highest BCUT2D eigenvalue weighted by Gasteiger charge is 2.11. The molecule has 0 aromatic carbocycles. The predicted molar refractivity (Wildman–Crippen MR) is 105 cm³/mol. The average Bonchev–Trinajstić information content (AvgIpc) is 2.53. The summed E-state index contributed by atoms with van der Waals surface area (Å²) in [6, 6.07) is 0. The Kier molecular flexibility index (Phi) is 15.1. The van der Waals surface area contributed by atoms with Gasteiger partial charge in [0.1, 0.15) is 0 Å². The fourth-order valence-electron chi connectivity index (χ4n) is 2.12. The van der Waals surface area contributed by atoms with Crippen molar-refractivity contribution in [2.45, 2.75) is 81.8 Å². The zero-order valence-corrected chi connectivity index (χ0v) is 18.4. The molecule has 0 aliphatic carbocycles. The molecule has 0 bridgehead atoms. The van der Waals surface area contributed by atoms with Crippen molar-refractivity contribution < 1.29 is 19.1 Å². The van der Waals surface area contributed by atoms with E-state index in [1.54, 1.807) is 0 Å². The van der Waals surface area contributed by atoms with Crippen LogP contribution in [0.3, 0.4) is 0 Å². The lowest BCUT2D eigenvalue weighted by Gasteiger charge is -2.15. The Morgan fingerprint density at radius 3 is 1.92 bits per heavy atom. The van der Waals surface area contributed by atoms with Gasteiger partial charge in [-0.1, -0.05) is 59.1 Å². The van der Waals surface area contributed by atoms with Crippen molar-refractivity contribution in [3.63, 3.8) is 0 Å². The van der Waals surface area contributed by atoms with Gasteiger partial charge in [0, 0.05) is 22.5 Å². The van der Waals surface area contributed by atoms with Gasteiger partial charge in [-0.25, -0.2) is 0 Å². The van der Waals surface area contributed by atoms with Crippen LogP contribution in [0.4, 0.5) is 0 Å². The van der Waals surface area contributed by atoms with Crippen molar-refractivity contribution in [3.05, 3.63) is 0 Å². The molecule has 0 rings (SSSR count). The first kappa shape index (κ1) is 23.9. The summed E-state index contributed by atoms with van der Waals surface area (Å²) >= 11 is 6.84. The molecule has 0 saturated heterocycles. The SMILES string of the molecule is CCC(CCCCOC(=O)CCC(C)Br)COC(=O)CCC(C)Br. The lowest BCUT2D eigenvalue weighted by Crippen LogP contribution is -2.15. The number of carbonyl (C=O) groups excluding carboxylic acids is 2. The Balaban J connectivity index is 3.68. The van der Waals surface area contributed by atoms with Crippen LogP contribution in [0.15, 0.2) is 0 Å². The highest BCUT2D eigenvalue weighted by Crippen LogP contribution is 2.15. The number of alkyl halides is 2. The van der Waals surface area contributed by atoms with Crippen LogP contribution >= 0.6 is 31.9 Å². The van der Waals surface area contributed by atoms with Crippen LogP contribution < -0.4 is 0 Å². The van der Waals surface area contributed by atoms with Gasteiger partial charge in [-0.05, 0) is 38.0 Å². The highest BCUT2D eigenvalue weighted by molar-refractivity contribution is 9.09. The quantitative estimate of drug-likeness (QED) is 0.193. The van der Waals surface area contributed by atoms with Crippen molar-refractivity contribution >= 4 is 43.8 Å². The first-order chi connectivity index (χ1) is 11.3. The minimum Gasteiger partial charge on any atom is -0.466 e. The monoisotopic (exact) mass is 470 g/mol. The average molecular weight is 472 g/mol. The van der Waals surface area contributed by atoms with Crippen molar-refractivity contribution in [1.29, 1.82) is 0 Å². The molecular formula is C18H32Br2O4. The predicted octanol–water partition coefficient (Wildman–Crippen LogP) is 5.40. The fourth-order valence-corrected chi connectivity index (χ4v) is 2.57. The Morgan fingerprint density at radius 1 is 0.875 bits per heavy atom. The molecule has 0 heterocycles. The topological polar surface area (TPSA) is 52.6 Å². The number of unbranched alkanes of at least 4 members (excludes halogenated alkanes) is 1. The maximum absolute atomic E-state index is 11.6. The Morgan fingerprint density at radius 2 is 1.42 bits per heavy atom. The van der Waals surface area contributed by atoms with Crippen LogP contribution in [0.25, 0.3) is 0 Å². The van der Waals surface area contributed by atoms with Crippen molar-refractivity contribution in [3.8, 4) is 0 Å². The van der Waals surface area contributed by atoms with Gasteiger partial charge in [0.2, 0.25) is 0 Å². The number of ether oxygens (including phenoxy) is 2. The van der Waals surface area contributed by atoms with Crippen LogP contribution in [0.5, 0.6) is 0 Å². The largest absolute Gasteiger partial charge is 0.466 e. The molecular weight excluding hydrogens is 440 g/mol. The molecule has 4 nitrogen and oxygen atoms in total. The number of hydrogen-bond donors (Lipinski definition) is 0. The van der Waals surface area contributed by atoms with Crippen molar-refractivity contribution in [2.24, 2.45) is 5.92 Å². The molecule has 0 aromatic heterocycles. The molecule has 6 heteroatoms. The Bertz CT molecular complexity index is 346. The van der Waals surface area contributed by atoms with Crippen molar-refractivity contribution in [1.82, 2.24) is 0 Å². The molecule has 0 fully saturated rings. The number of carbonyl (C=O) groups is 2. The second-order valence-electron chi connectivity index (χ2n) is 6.31. The molecule has 0 saturated carbocycles. The minimum atomic E-state index is -0.122. The van der Waals surface area contributed by atoms with Gasteiger partial charge in [0.05, 0.1) is 13.2 Å². The molecule has 3 atom stereocenters. The molecule has 142 valence electrons. The van der Waals surface area contributed by atoms with Crippen LogP contribution in [0.1, 0.15) is 72.1 Å². The van der Waals surface area contributed by atoms with E-state index in [1.165, 1.54) is 0 Å². The lowest BCUT2D eigenvalue weighted by molar-refractivity contribution is -0.146. The van der Waals surface area contributed by atoms with Crippen LogP contribution in [0.2, 0.25) is 0 Å². The molecule has 24 heavy (non-hydrogen) atoms. The molecule has 3 unspecified atom stereocenters. The third-order valence-corrected chi connectivity index (χ3v) is 4.74. The summed E-state index contributed by atoms with van der Waals surface area (Å²) in [7, 11) is 0. The van der Waals surface area contributed by atoms with E-state index in [9.17, 15) is 9.59 Å². The molecule has 0 aromatic rings. The van der Waals surface area contributed by atoms with Gasteiger partial charge in [0.25, 0.3) is 0 Å². The highest BCUT2D eigenvalue weighted by atomic mass is 79.9. The summed E-state index contributed by atoms with van der Waals surface area (Å²) in [5.74, 6) is 0.151. The smallest absolute Gasteiger partial charge is 0.305 e. The standard InChI is InChI=1S/C18H32Br2O4/c1-4-16(13-24-18(22)11-9-15(3)20)7-5-6-12-23-17(21)10-8-14(2)19/h14-16H,4-13H2,1-3H3. The van der Waals surface area contributed by atoms with E-state index in [-0.39, 0.29) is 11.9 Å². The maximum atomic E-state index is 11.6. The van der Waals surface area contributed by atoms with E-state index in [1.807, 2.05) is 13.8 Å². The number of hydrogen-bond acceptors (Lipinski definition) is 4. The first-order valence-electron chi connectivity index (χ1n) is 8.94. The first-order valence-corrected chi connectivity index (χ1v) is 10.8. The molecule has 0 radical (unpaired) electrons.